The van der Waals surface area contributed by atoms with E-state index >= 15 is 0 Å². The fourth-order valence-corrected chi connectivity index (χ4v) is 3.19. The quantitative estimate of drug-likeness (QED) is 0.698. The van der Waals surface area contributed by atoms with E-state index in [0.29, 0.717) is 18.2 Å². The van der Waals surface area contributed by atoms with Crippen molar-refractivity contribution in [2.75, 3.05) is 13.2 Å². The Bertz CT molecular complexity index is 696. The molecule has 0 radical (unpaired) electrons. The van der Waals surface area contributed by atoms with Crippen LogP contribution in [0, 0.1) is 0 Å². The average molecular weight is 358 g/mol. The van der Waals surface area contributed by atoms with Crippen LogP contribution in [-0.4, -0.2) is 19.1 Å². The molecule has 2 aromatic carbocycles. The third-order valence-electron chi connectivity index (χ3n) is 4.82. The Morgan fingerprint density at radius 2 is 1.84 bits per heavy atom. The molecule has 0 spiro atoms. The molecule has 1 aliphatic carbocycles. The first-order valence-electron chi connectivity index (χ1n) is 8.83. The van der Waals surface area contributed by atoms with Crippen LogP contribution in [0.5, 0.6) is 0 Å². The molecule has 3 rings (SSSR count). The van der Waals surface area contributed by atoms with Gasteiger partial charge in [-0.05, 0) is 49.4 Å². The standard InChI is InChI=1S/C21H24ClNO2/c1-16(17-6-3-2-4-7-17)25-15-5-14-23-20(24)21(12-13-21)18-8-10-19(22)11-9-18/h2-4,6-11,16H,5,12-15H2,1H3,(H,23,24). The van der Waals surface area contributed by atoms with Gasteiger partial charge in [-0.15, -0.1) is 0 Å². The number of hydrogen-bond donors (Lipinski definition) is 1. The first-order valence-corrected chi connectivity index (χ1v) is 9.20. The van der Waals surface area contributed by atoms with Gasteiger partial charge in [0.1, 0.15) is 0 Å². The lowest BCUT2D eigenvalue weighted by atomic mass is 9.95. The van der Waals surface area contributed by atoms with Crippen LogP contribution in [0.15, 0.2) is 54.6 Å². The van der Waals surface area contributed by atoms with E-state index < -0.39 is 0 Å². The Kier molecular flexibility index (Phi) is 5.77. The first kappa shape index (κ1) is 18.0. The number of ether oxygens (including phenoxy) is 1. The normalized spacial score (nSPS) is 16.2. The molecule has 0 aliphatic heterocycles. The van der Waals surface area contributed by atoms with E-state index in [0.717, 1.165) is 24.8 Å². The molecule has 1 atom stereocenters. The van der Waals surface area contributed by atoms with Gasteiger partial charge in [-0.25, -0.2) is 0 Å². The molecule has 25 heavy (non-hydrogen) atoms. The molecule has 132 valence electrons. The third-order valence-corrected chi connectivity index (χ3v) is 5.08. The van der Waals surface area contributed by atoms with E-state index in [1.54, 1.807) is 0 Å². The van der Waals surface area contributed by atoms with Crippen LogP contribution in [-0.2, 0) is 14.9 Å². The van der Waals surface area contributed by atoms with Crippen molar-refractivity contribution in [3.63, 3.8) is 0 Å². The largest absolute Gasteiger partial charge is 0.374 e. The Morgan fingerprint density at radius 3 is 2.48 bits per heavy atom. The monoisotopic (exact) mass is 357 g/mol. The van der Waals surface area contributed by atoms with Crippen molar-refractivity contribution in [2.24, 2.45) is 0 Å². The van der Waals surface area contributed by atoms with Crippen LogP contribution in [0.4, 0.5) is 0 Å². The van der Waals surface area contributed by atoms with Gasteiger partial charge in [-0.1, -0.05) is 54.1 Å². The molecule has 0 aromatic heterocycles. The molecule has 1 amide bonds. The zero-order valence-corrected chi connectivity index (χ0v) is 15.3. The van der Waals surface area contributed by atoms with Crippen LogP contribution in [0.3, 0.4) is 0 Å². The Morgan fingerprint density at radius 1 is 1.16 bits per heavy atom. The summed E-state index contributed by atoms with van der Waals surface area (Å²) in [7, 11) is 0. The molecule has 0 saturated heterocycles. The van der Waals surface area contributed by atoms with Gasteiger partial charge in [0.25, 0.3) is 0 Å². The van der Waals surface area contributed by atoms with Gasteiger partial charge in [-0.3, -0.25) is 4.79 Å². The maximum atomic E-state index is 12.5. The molecule has 1 saturated carbocycles. The highest BCUT2D eigenvalue weighted by Crippen LogP contribution is 2.48. The fraction of sp³-hybridized carbons (Fsp3) is 0.381. The number of benzene rings is 2. The van der Waals surface area contributed by atoms with Gasteiger partial charge in [0.15, 0.2) is 0 Å². The van der Waals surface area contributed by atoms with Crippen LogP contribution in [0.1, 0.15) is 43.4 Å². The van der Waals surface area contributed by atoms with Crippen molar-refractivity contribution in [2.45, 2.75) is 37.7 Å². The van der Waals surface area contributed by atoms with Gasteiger partial charge in [0, 0.05) is 18.2 Å². The Balaban J connectivity index is 1.40. The molecular formula is C21H24ClNO2. The van der Waals surface area contributed by atoms with Crippen molar-refractivity contribution >= 4 is 17.5 Å². The van der Waals surface area contributed by atoms with Gasteiger partial charge in [-0.2, -0.15) is 0 Å². The van der Waals surface area contributed by atoms with Crippen LogP contribution in [0.25, 0.3) is 0 Å². The Hall–Kier alpha value is -1.84. The highest BCUT2D eigenvalue weighted by Gasteiger charge is 2.50. The van der Waals surface area contributed by atoms with Gasteiger partial charge in [0.05, 0.1) is 11.5 Å². The van der Waals surface area contributed by atoms with E-state index in [1.807, 2.05) is 49.4 Å². The molecule has 2 aromatic rings. The highest BCUT2D eigenvalue weighted by atomic mass is 35.5. The van der Waals surface area contributed by atoms with Crippen LogP contribution in [0.2, 0.25) is 5.02 Å². The summed E-state index contributed by atoms with van der Waals surface area (Å²) in [5.41, 5.74) is 1.89. The average Bonchev–Trinajstić information content (AvgIpc) is 3.44. The van der Waals surface area contributed by atoms with E-state index in [1.165, 1.54) is 5.56 Å². The minimum absolute atomic E-state index is 0.0701. The second-order valence-corrected chi connectivity index (χ2v) is 7.06. The molecule has 1 unspecified atom stereocenters. The molecule has 1 N–H and O–H groups in total. The van der Waals surface area contributed by atoms with Crippen molar-refractivity contribution in [1.82, 2.24) is 5.32 Å². The maximum absolute atomic E-state index is 12.5. The number of carbonyl (C=O) groups excluding carboxylic acids is 1. The SMILES string of the molecule is CC(OCCCNC(=O)C1(c2ccc(Cl)cc2)CC1)c1ccccc1. The van der Waals surface area contributed by atoms with E-state index in [4.69, 9.17) is 16.3 Å². The predicted octanol–water partition coefficient (Wildman–Crippen LogP) is 4.66. The molecule has 0 heterocycles. The lowest BCUT2D eigenvalue weighted by Crippen LogP contribution is -2.35. The minimum Gasteiger partial charge on any atom is -0.374 e. The number of nitrogens with one attached hydrogen (secondary N) is 1. The second-order valence-electron chi connectivity index (χ2n) is 6.62. The topological polar surface area (TPSA) is 38.3 Å². The summed E-state index contributed by atoms with van der Waals surface area (Å²) in [6.45, 7) is 3.31. The third kappa shape index (κ3) is 4.42. The van der Waals surface area contributed by atoms with E-state index in [9.17, 15) is 4.79 Å². The summed E-state index contributed by atoms with van der Waals surface area (Å²) in [5, 5.41) is 3.76. The molecule has 4 heteroatoms. The number of amides is 1. The number of carbonyl (C=O) groups is 1. The van der Waals surface area contributed by atoms with E-state index in [-0.39, 0.29) is 17.4 Å². The molecule has 1 aliphatic rings. The summed E-state index contributed by atoms with van der Waals surface area (Å²) >= 11 is 5.94. The predicted molar refractivity (Wildman–Crippen MR) is 101 cm³/mol. The zero-order valence-electron chi connectivity index (χ0n) is 14.5. The molecule has 0 bridgehead atoms. The first-order chi connectivity index (χ1) is 12.1. The lowest BCUT2D eigenvalue weighted by Gasteiger charge is -2.17. The van der Waals surface area contributed by atoms with E-state index in [2.05, 4.69) is 17.4 Å². The highest BCUT2D eigenvalue weighted by molar-refractivity contribution is 6.30. The second kappa shape index (κ2) is 8.03. The lowest BCUT2D eigenvalue weighted by molar-refractivity contribution is -0.123. The summed E-state index contributed by atoms with van der Waals surface area (Å²) < 4.78 is 5.84. The van der Waals surface area contributed by atoms with Crippen molar-refractivity contribution in [3.05, 3.63) is 70.7 Å². The zero-order chi connectivity index (χ0) is 17.7. The van der Waals surface area contributed by atoms with Crippen molar-refractivity contribution < 1.29 is 9.53 Å². The summed E-state index contributed by atoms with van der Waals surface area (Å²) in [4.78, 5) is 12.5. The number of rotatable bonds is 8. The number of hydrogen-bond acceptors (Lipinski definition) is 2. The fourth-order valence-electron chi connectivity index (χ4n) is 3.06. The summed E-state index contributed by atoms with van der Waals surface area (Å²) in [5.74, 6) is 0.117. The molecule has 3 nitrogen and oxygen atoms in total. The minimum atomic E-state index is -0.344. The van der Waals surface area contributed by atoms with Crippen molar-refractivity contribution in [3.8, 4) is 0 Å². The summed E-state index contributed by atoms with van der Waals surface area (Å²) in [6.07, 6.45) is 2.68. The van der Waals surface area contributed by atoms with Gasteiger partial charge < -0.3 is 10.1 Å². The van der Waals surface area contributed by atoms with Crippen molar-refractivity contribution in [1.29, 1.82) is 0 Å². The maximum Gasteiger partial charge on any atom is 0.230 e. The van der Waals surface area contributed by atoms with Crippen LogP contribution < -0.4 is 5.32 Å². The summed E-state index contributed by atoms with van der Waals surface area (Å²) in [6, 6.07) is 17.8. The van der Waals surface area contributed by atoms with Gasteiger partial charge >= 0.3 is 0 Å². The van der Waals surface area contributed by atoms with Crippen LogP contribution >= 0.6 is 11.6 Å². The van der Waals surface area contributed by atoms with Gasteiger partial charge in [0.2, 0.25) is 5.91 Å². The molecule has 1 fully saturated rings. The smallest absolute Gasteiger partial charge is 0.230 e. The molecular weight excluding hydrogens is 334 g/mol. The number of halogens is 1. The Labute approximate surface area is 154 Å².